The molecule has 0 bridgehead atoms. The van der Waals surface area contributed by atoms with Gasteiger partial charge in [0.15, 0.2) is 6.61 Å². The molecule has 0 saturated carbocycles. The molecule has 0 atom stereocenters. The van der Waals surface area contributed by atoms with Crippen molar-refractivity contribution in [2.45, 2.75) is 0 Å². The summed E-state index contributed by atoms with van der Waals surface area (Å²) in [7, 11) is 0. The van der Waals surface area contributed by atoms with Crippen molar-refractivity contribution >= 4 is 46.4 Å². The van der Waals surface area contributed by atoms with Crippen LogP contribution < -0.4 is 15.4 Å². The Labute approximate surface area is 176 Å². The maximum absolute atomic E-state index is 13.5. The quantitative estimate of drug-likeness (QED) is 0.547. The molecule has 0 aliphatic carbocycles. The van der Waals surface area contributed by atoms with Crippen LogP contribution in [0.2, 0.25) is 10.0 Å². The van der Waals surface area contributed by atoms with Crippen LogP contribution in [-0.2, 0) is 4.79 Å². The van der Waals surface area contributed by atoms with Gasteiger partial charge in [0.05, 0.1) is 16.4 Å². The largest absolute Gasteiger partial charge is 0.484 e. The molecule has 0 heterocycles. The van der Waals surface area contributed by atoms with Crippen LogP contribution in [0.15, 0.2) is 66.7 Å². The molecule has 0 aliphatic heterocycles. The molecule has 3 aromatic carbocycles. The molecule has 29 heavy (non-hydrogen) atoms. The molecule has 3 aromatic rings. The minimum Gasteiger partial charge on any atom is -0.484 e. The molecule has 0 aromatic heterocycles. The number of hydrogen-bond donors (Lipinski definition) is 2. The Morgan fingerprint density at radius 1 is 0.897 bits per heavy atom. The van der Waals surface area contributed by atoms with Gasteiger partial charge in [-0.3, -0.25) is 9.59 Å². The molecule has 0 aliphatic rings. The van der Waals surface area contributed by atoms with Gasteiger partial charge in [0.2, 0.25) is 0 Å². The number of carbonyl (C=O) groups is 2. The standard InChI is InChI=1S/C21H15Cl2FN2O3/c22-14-7-10-16(23)19(11-14)26-21(28)13-5-8-15(9-6-13)29-12-20(27)25-18-4-2-1-3-17(18)24/h1-11H,12H2,(H,25,27)(H,26,28). The van der Waals surface area contributed by atoms with Crippen LogP contribution in [0.4, 0.5) is 15.8 Å². The molecular formula is C21H15Cl2FN2O3. The topological polar surface area (TPSA) is 67.4 Å². The predicted molar refractivity (Wildman–Crippen MR) is 111 cm³/mol. The molecule has 0 radical (unpaired) electrons. The molecule has 2 amide bonds. The van der Waals surface area contributed by atoms with Crippen molar-refractivity contribution in [3.05, 3.63) is 88.2 Å². The summed E-state index contributed by atoms with van der Waals surface area (Å²) in [6.45, 7) is -0.308. The smallest absolute Gasteiger partial charge is 0.262 e. The van der Waals surface area contributed by atoms with Gasteiger partial charge in [-0.25, -0.2) is 4.39 Å². The molecule has 0 spiro atoms. The van der Waals surface area contributed by atoms with E-state index < -0.39 is 11.7 Å². The first-order valence-electron chi connectivity index (χ1n) is 8.46. The number of nitrogens with one attached hydrogen (secondary N) is 2. The van der Waals surface area contributed by atoms with E-state index in [0.717, 1.165) is 0 Å². The minimum atomic E-state index is -0.531. The fourth-order valence-corrected chi connectivity index (χ4v) is 2.72. The Morgan fingerprint density at radius 2 is 1.62 bits per heavy atom. The van der Waals surface area contributed by atoms with E-state index in [9.17, 15) is 14.0 Å². The molecule has 148 valence electrons. The number of para-hydroxylation sites is 1. The third kappa shape index (κ3) is 5.70. The van der Waals surface area contributed by atoms with Crippen LogP contribution >= 0.6 is 23.2 Å². The van der Waals surface area contributed by atoms with E-state index in [4.69, 9.17) is 27.9 Å². The summed E-state index contributed by atoms with van der Waals surface area (Å²) < 4.78 is 18.9. The van der Waals surface area contributed by atoms with Gasteiger partial charge in [-0.05, 0) is 54.6 Å². The van der Waals surface area contributed by atoms with E-state index in [2.05, 4.69) is 10.6 Å². The summed E-state index contributed by atoms with van der Waals surface area (Å²) in [4.78, 5) is 24.2. The first-order chi connectivity index (χ1) is 13.9. The molecule has 0 saturated heterocycles. The van der Waals surface area contributed by atoms with Crippen molar-refractivity contribution in [3.8, 4) is 5.75 Å². The van der Waals surface area contributed by atoms with Gasteiger partial charge in [0.1, 0.15) is 11.6 Å². The van der Waals surface area contributed by atoms with E-state index in [-0.39, 0.29) is 18.2 Å². The summed E-state index contributed by atoms with van der Waals surface area (Å²) in [6.07, 6.45) is 0. The van der Waals surface area contributed by atoms with Gasteiger partial charge in [-0.15, -0.1) is 0 Å². The zero-order valence-electron chi connectivity index (χ0n) is 14.9. The number of anilines is 2. The Kier molecular flexibility index (Phi) is 6.69. The second-order valence-corrected chi connectivity index (χ2v) is 6.76. The van der Waals surface area contributed by atoms with Crippen molar-refractivity contribution in [2.75, 3.05) is 17.2 Å². The molecule has 5 nitrogen and oxygen atoms in total. The fourth-order valence-electron chi connectivity index (χ4n) is 2.39. The van der Waals surface area contributed by atoms with Crippen molar-refractivity contribution in [1.82, 2.24) is 0 Å². The lowest BCUT2D eigenvalue weighted by Gasteiger charge is -2.10. The normalized spacial score (nSPS) is 10.3. The molecule has 3 rings (SSSR count). The Balaban J connectivity index is 1.55. The van der Waals surface area contributed by atoms with Crippen molar-refractivity contribution in [1.29, 1.82) is 0 Å². The van der Waals surface area contributed by atoms with Gasteiger partial charge in [0, 0.05) is 10.6 Å². The summed E-state index contributed by atoms with van der Waals surface area (Å²) >= 11 is 11.9. The Hall–Kier alpha value is -3.09. The van der Waals surface area contributed by atoms with E-state index >= 15 is 0 Å². The average Bonchev–Trinajstić information content (AvgIpc) is 2.71. The molecule has 2 N–H and O–H groups in total. The number of carbonyl (C=O) groups excluding carboxylic acids is 2. The van der Waals surface area contributed by atoms with Crippen LogP contribution in [0.3, 0.4) is 0 Å². The molecule has 0 unspecified atom stereocenters. The van der Waals surface area contributed by atoms with Crippen molar-refractivity contribution in [3.63, 3.8) is 0 Å². The molecule has 0 fully saturated rings. The average molecular weight is 433 g/mol. The maximum Gasteiger partial charge on any atom is 0.262 e. The van der Waals surface area contributed by atoms with Gasteiger partial charge in [-0.2, -0.15) is 0 Å². The van der Waals surface area contributed by atoms with Crippen LogP contribution in [0, 0.1) is 5.82 Å². The van der Waals surface area contributed by atoms with E-state index in [1.807, 2.05) is 0 Å². The van der Waals surface area contributed by atoms with Crippen LogP contribution in [0.25, 0.3) is 0 Å². The van der Waals surface area contributed by atoms with Gasteiger partial charge in [-0.1, -0.05) is 35.3 Å². The number of ether oxygens (including phenoxy) is 1. The minimum absolute atomic E-state index is 0.0767. The van der Waals surface area contributed by atoms with Gasteiger partial charge < -0.3 is 15.4 Å². The van der Waals surface area contributed by atoms with Crippen LogP contribution in [0.5, 0.6) is 5.75 Å². The van der Waals surface area contributed by atoms with Crippen LogP contribution in [0.1, 0.15) is 10.4 Å². The predicted octanol–water partition coefficient (Wildman–Crippen LogP) is 5.40. The number of benzene rings is 3. The monoisotopic (exact) mass is 432 g/mol. The second kappa shape index (κ2) is 9.41. The molecule has 8 heteroatoms. The first-order valence-corrected chi connectivity index (χ1v) is 9.21. The summed E-state index contributed by atoms with van der Waals surface area (Å²) in [5, 5.41) is 5.91. The third-order valence-electron chi connectivity index (χ3n) is 3.81. The Bertz CT molecular complexity index is 1040. The lowest BCUT2D eigenvalue weighted by atomic mass is 10.2. The lowest BCUT2D eigenvalue weighted by molar-refractivity contribution is -0.118. The lowest BCUT2D eigenvalue weighted by Crippen LogP contribution is -2.20. The van der Waals surface area contributed by atoms with Gasteiger partial charge in [0.25, 0.3) is 11.8 Å². The number of hydrogen-bond acceptors (Lipinski definition) is 3. The Morgan fingerprint density at radius 3 is 2.34 bits per heavy atom. The number of amides is 2. The zero-order chi connectivity index (χ0) is 20.8. The highest BCUT2D eigenvalue weighted by Gasteiger charge is 2.11. The van der Waals surface area contributed by atoms with Crippen molar-refractivity contribution < 1.29 is 18.7 Å². The third-order valence-corrected chi connectivity index (χ3v) is 4.38. The highest BCUT2D eigenvalue weighted by Crippen LogP contribution is 2.26. The SMILES string of the molecule is O=C(COc1ccc(C(=O)Nc2cc(Cl)ccc2Cl)cc1)Nc1ccccc1F. The van der Waals surface area contributed by atoms with E-state index in [0.29, 0.717) is 27.0 Å². The summed E-state index contributed by atoms with van der Waals surface area (Å²) in [5.74, 6) is -1.03. The molecular weight excluding hydrogens is 418 g/mol. The van der Waals surface area contributed by atoms with E-state index in [1.54, 1.807) is 36.4 Å². The van der Waals surface area contributed by atoms with Crippen molar-refractivity contribution in [2.24, 2.45) is 0 Å². The van der Waals surface area contributed by atoms with E-state index in [1.165, 1.54) is 30.3 Å². The summed E-state index contributed by atoms with van der Waals surface area (Å²) in [5.41, 5.74) is 0.839. The fraction of sp³-hybridized carbons (Fsp3) is 0.0476. The second-order valence-electron chi connectivity index (χ2n) is 5.92. The van der Waals surface area contributed by atoms with Crippen LogP contribution in [-0.4, -0.2) is 18.4 Å². The number of halogens is 3. The summed E-state index contributed by atoms with van der Waals surface area (Å²) in [6, 6.07) is 16.8. The highest BCUT2D eigenvalue weighted by atomic mass is 35.5. The van der Waals surface area contributed by atoms with Gasteiger partial charge >= 0.3 is 0 Å². The highest BCUT2D eigenvalue weighted by molar-refractivity contribution is 6.35. The number of rotatable bonds is 6. The first kappa shape index (κ1) is 20.6. The maximum atomic E-state index is 13.5. The zero-order valence-corrected chi connectivity index (χ0v) is 16.4.